The highest BCUT2D eigenvalue weighted by Gasteiger charge is 2.13. The van der Waals surface area contributed by atoms with Gasteiger partial charge in [-0.15, -0.1) is 0 Å². The first-order valence-electron chi connectivity index (χ1n) is 9.21. The Bertz CT molecular complexity index is 811. The molecule has 0 aliphatic carbocycles. The standard InChI is InChI=1S/C21H25ClN2O4/c1-3-4-7-12-27-19-9-6-5-8-17(19)21(26)24-23-20(25)14-28-18-11-10-16(22)13-15(18)2/h5-6,8-11,13H,3-4,7,12,14H2,1-2H3,(H,23,25)(H,24,26). The number of halogens is 1. The predicted molar refractivity (Wildman–Crippen MR) is 109 cm³/mol. The molecule has 0 atom stereocenters. The first-order chi connectivity index (χ1) is 13.5. The number of aryl methyl sites for hydroxylation is 1. The van der Waals surface area contributed by atoms with Crippen molar-refractivity contribution in [2.75, 3.05) is 13.2 Å². The second-order valence-corrected chi connectivity index (χ2v) is 6.69. The van der Waals surface area contributed by atoms with E-state index in [2.05, 4.69) is 17.8 Å². The highest BCUT2D eigenvalue weighted by atomic mass is 35.5. The van der Waals surface area contributed by atoms with Crippen LogP contribution in [0.3, 0.4) is 0 Å². The fraction of sp³-hybridized carbons (Fsp3) is 0.333. The molecular weight excluding hydrogens is 380 g/mol. The topological polar surface area (TPSA) is 76.7 Å². The molecule has 0 spiro atoms. The molecule has 0 radical (unpaired) electrons. The summed E-state index contributed by atoms with van der Waals surface area (Å²) in [5.41, 5.74) is 5.90. The third kappa shape index (κ3) is 6.78. The lowest BCUT2D eigenvalue weighted by atomic mass is 10.2. The largest absolute Gasteiger partial charge is 0.493 e. The molecule has 0 saturated heterocycles. The molecule has 2 N–H and O–H groups in total. The Morgan fingerprint density at radius 2 is 1.79 bits per heavy atom. The van der Waals surface area contributed by atoms with Crippen molar-refractivity contribution in [1.82, 2.24) is 10.9 Å². The van der Waals surface area contributed by atoms with Gasteiger partial charge in [-0.25, -0.2) is 0 Å². The molecule has 0 saturated carbocycles. The minimum atomic E-state index is -0.482. The van der Waals surface area contributed by atoms with Gasteiger partial charge in [0.05, 0.1) is 12.2 Å². The van der Waals surface area contributed by atoms with Crippen molar-refractivity contribution < 1.29 is 19.1 Å². The summed E-state index contributed by atoms with van der Waals surface area (Å²) in [4.78, 5) is 24.3. The zero-order valence-electron chi connectivity index (χ0n) is 16.1. The van der Waals surface area contributed by atoms with Crippen LogP contribution >= 0.6 is 11.6 Å². The number of carbonyl (C=O) groups excluding carboxylic acids is 2. The molecule has 28 heavy (non-hydrogen) atoms. The van der Waals surface area contributed by atoms with Crippen LogP contribution in [0.15, 0.2) is 42.5 Å². The molecule has 150 valence electrons. The minimum Gasteiger partial charge on any atom is -0.493 e. The van der Waals surface area contributed by atoms with Crippen molar-refractivity contribution in [2.45, 2.75) is 33.1 Å². The van der Waals surface area contributed by atoms with Crippen LogP contribution in [0.4, 0.5) is 0 Å². The molecule has 0 aliphatic rings. The lowest BCUT2D eigenvalue weighted by Crippen LogP contribution is -2.44. The van der Waals surface area contributed by atoms with Crippen LogP contribution in [-0.4, -0.2) is 25.0 Å². The summed E-state index contributed by atoms with van der Waals surface area (Å²) in [6.45, 7) is 4.25. The first kappa shape index (κ1) is 21.6. The van der Waals surface area contributed by atoms with Gasteiger partial charge in [0.15, 0.2) is 6.61 Å². The Morgan fingerprint density at radius 1 is 1.00 bits per heavy atom. The van der Waals surface area contributed by atoms with Crippen LogP contribution < -0.4 is 20.3 Å². The lowest BCUT2D eigenvalue weighted by molar-refractivity contribution is -0.123. The van der Waals surface area contributed by atoms with E-state index in [9.17, 15) is 9.59 Å². The summed E-state index contributed by atoms with van der Waals surface area (Å²) in [6.07, 6.45) is 3.08. The summed E-state index contributed by atoms with van der Waals surface area (Å²) < 4.78 is 11.1. The van der Waals surface area contributed by atoms with E-state index in [1.807, 2.05) is 6.92 Å². The van der Waals surface area contributed by atoms with Gasteiger partial charge in [0.2, 0.25) is 0 Å². The molecule has 0 bridgehead atoms. The molecular formula is C21H25ClN2O4. The summed E-state index contributed by atoms with van der Waals surface area (Å²) in [5, 5.41) is 0.595. The average molecular weight is 405 g/mol. The maximum atomic E-state index is 12.4. The highest BCUT2D eigenvalue weighted by molar-refractivity contribution is 6.30. The van der Waals surface area contributed by atoms with E-state index in [0.29, 0.717) is 28.7 Å². The summed E-state index contributed by atoms with van der Waals surface area (Å²) in [6, 6.07) is 12.0. The maximum absolute atomic E-state index is 12.4. The second kappa shape index (κ2) is 11.2. The smallest absolute Gasteiger partial charge is 0.276 e. The summed E-state index contributed by atoms with van der Waals surface area (Å²) >= 11 is 5.89. The number of hydrazine groups is 1. The molecule has 2 rings (SSSR count). The molecule has 2 amide bonds. The van der Waals surface area contributed by atoms with E-state index in [1.165, 1.54) is 0 Å². The van der Waals surface area contributed by atoms with Crippen molar-refractivity contribution in [2.24, 2.45) is 0 Å². The zero-order chi connectivity index (χ0) is 20.4. The molecule has 6 nitrogen and oxygen atoms in total. The average Bonchev–Trinajstić information content (AvgIpc) is 2.69. The third-order valence-corrected chi connectivity index (χ3v) is 4.18. The van der Waals surface area contributed by atoms with Crippen molar-refractivity contribution in [3.8, 4) is 11.5 Å². The number of unbranched alkanes of at least 4 members (excludes halogenated alkanes) is 2. The third-order valence-electron chi connectivity index (χ3n) is 3.95. The Morgan fingerprint density at radius 3 is 2.54 bits per heavy atom. The first-order valence-corrected chi connectivity index (χ1v) is 9.59. The van der Waals surface area contributed by atoms with Crippen LogP contribution in [0.1, 0.15) is 42.1 Å². The van der Waals surface area contributed by atoms with Gasteiger partial charge in [-0.2, -0.15) is 0 Å². The number of amides is 2. The molecule has 0 aliphatic heterocycles. The van der Waals surface area contributed by atoms with Crippen molar-refractivity contribution >= 4 is 23.4 Å². The van der Waals surface area contributed by atoms with Crippen molar-refractivity contribution in [3.05, 3.63) is 58.6 Å². The second-order valence-electron chi connectivity index (χ2n) is 6.25. The molecule has 2 aromatic rings. The number of benzene rings is 2. The quantitative estimate of drug-likeness (QED) is 0.488. The zero-order valence-corrected chi connectivity index (χ0v) is 16.8. The summed E-state index contributed by atoms with van der Waals surface area (Å²) in [5.74, 6) is 0.0984. The number of hydrogen-bond donors (Lipinski definition) is 2. The number of carbonyl (C=O) groups is 2. The summed E-state index contributed by atoms with van der Waals surface area (Å²) in [7, 11) is 0. The van der Waals surface area contributed by atoms with E-state index in [0.717, 1.165) is 24.8 Å². The van der Waals surface area contributed by atoms with Gasteiger partial charge in [0, 0.05) is 5.02 Å². The Balaban J connectivity index is 1.83. The number of nitrogens with one attached hydrogen (secondary N) is 2. The number of hydrogen-bond acceptors (Lipinski definition) is 4. The fourth-order valence-corrected chi connectivity index (χ4v) is 2.69. The minimum absolute atomic E-state index is 0.238. The van der Waals surface area contributed by atoms with Gasteiger partial charge < -0.3 is 9.47 Å². The van der Waals surface area contributed by atoms with Crippen LogP contribution in [0, 0.1) is 6.92 Å². The number of ether oxygens (including phenoxy) is 2. The van der Waals surface area contributed by atoms with E-state index >= 15 is 0 Å². The fourth-order valence-electron chi connectivity index (χ4n) is 2.46. The van der Waals surface area contributed by atoms with Gasteiger partial charge in [-0.3, -0.25) is 20.4 Å². The van der Waals surface area contributed by atoms with Crippen molar-refractivity contribution in [1.29, 1.82) is 0 Å². The lowest BCUT2D eigenvalue weighted by Gasteiger charge is -2.13. The van der Waals surface area contributed by atoms with E-state index < -0.39 is 11.8 Å². The number of para-hydroxylation sites is 1. The van der Waals surface area contributed by atoms with Crippen LogP contribution in [-0.2, 0) is 4.79 Å². The van der Waals surface area contributed by atoms with Gasteiger partial charge in [-0.1, -0.05) is 43.5 Å². The molecule has 7 heteroatoms. The van der Waals surface area contributed by atoms with Gasteiger partial charge in [-0.05, 0) is 49.2 Å². The van der Waals surface area contributed by atoms with Crippen molar-refractivity contribution in [3.63, 3.8) is 0 Å². The predicted octanol–water partition coefficient (Wildman–Crippen LogP) is 4.06. The Kier molecular flexibility index (Phi) is 8.62. The van der Waals surface area contributed by atoms with E-state index in [-0.39, 0.29) is 6.61 Å². The monoisotopic (exact) mass is 404 g/mol. The highest BCUT2D eigenvalue weighted by Crippen LogP contribution is 2.21. The van der Waals surface area contributed by atoms with Gasteiger partial charge >= 0.3 is 0 Å². The van der Waals surface area contributed by atoms with E-state index in [1.54, 1.807) is 42.5 Å². The molecule has 0 heterocycles. The van der Waals surface area contributed by atoms with Crippen LogP contribution in [0.5, 0.6) is 11.5 Å². The molecule has 0 fully saturated rings. The maximum Gasteiger partial charge on any atom is 0.276 e. The Labute approximate surface area is 170 Å². The van der Waals surface area contributed by atoms with E-state index in [4.69, 9.17) is 21.1 Å². The van der Waals surface area contributed by atoms with Crippen LogP contribution in [0.25, 0.3) is 0 Å². The van der Waals surface area contributed by atoms with Gasteiger partial charge in [0.1, 0.15) is 11.5 Å². The molecule has 2 aromatic carbocycles. The molecule has 0 unspecified atom stereocenters. The van der Waals surface area contributed by atoms with Crippen LogP contribution in [0.2, 0.25) is 5.02 Å². The van der Waals surface area contributed by atoms with Gasteiger partial charge in [0.25, 0.3) is 11.8 Å². The SMILES string of the molecule is CCCCCOc1ccccc1C(=O)NNC(=O)COc1ccc(Cl)cc1C. The normalized spacial score (nSPS) is 10.2. The molecule has 0 aromatic heterocycles. The number of rotatable bonds is 9. The Hall–Kier alpha value is -2.73.